The molecule has 7 heteroatoms. The summed E-state index contributed by atoms with van der Waals surface area (Å²) in [4.78, 5) is 14.7. The zero-order valence-electron chi connectivity index (χ0n) is 11.8. The molecule has 1 aromatic carbocycles. The van der Waals surface area contributed by atoms with Crippen molar-refractivity contribution in [2.75, 3.05) is 17.7 Å². The fourth-order valence-corrected chi connectivity index (χ4v) is 2.56. The SMILES string of the molecule is CN(Cc1ccc(Cl)c(Cl)c1)c1ncnc2nc(N)ccc12. The Morgan fingerprint density at radius 1 is 1.09 bits per heavy atom. The largest absolute Gasteiger partial charge is 0.384 e. The van der Waals surface area contributed by atoms with Gasteiger partial charge in [0, 0.05) is 13.6 Å². The van der Waals surface area contributed by atoms with Crippen molar-refractivity contribution in [3.63, 3.8) is 0 Å². The van der Waals surface area contributed by atoms with Crippen molar-refractivity contribution >= 4 is 45.9 Å². The van der Waals surface area contributed by atoms with E-state index in [1.165, 1.54) is 6.33 Å². The van der Waals surface area contributed by atoms with Crippen LogP contribution < -0.4 is 10.6 Å². The molecule has 0 bridgehead atoms. The standard InChI is InChI=1S/C15H13Cl2N5/c1-22(7-9-2-4-11(16)12(17)6-9)15-10-3-5-13(18)21-14(10)19-8-20-15/h2-6,8H,7H2,1H3,(H2,18,19,20,21). The van der Waals surface area contributed by atoms with E-state index in [0.29, 0.717) is 28.1 Å². The molecule has 0 fully saturated rings. The maximum absolute atomic E-state index is 6.06. The molecule has 2 heterocycles. The number of fused-ring (bicyclic) bond motifs is 1. The quantitative estimate of drug-likeness (QED) is 0.793. The maximum atomic E-state index is 6.06. The first-order valence-corrected chi connectivity index (χ1v) is 7.32. The summed E-state index contributed by atoms with van der Waals surface area (Å²) in [5, 5.41) is 1.93. The van der Waals surface area contributed by atoms with Crippen LogP contribution in [0.1, 0.15) is 5.56 Å². The molecule has 112 valence electrons. The van der Waals surface area contributed by atoms with E-state index in [4.69, 9.17) is 28.9 Å². The number of nitrogens with zero attached hydrogens (tertiary/aromatic N) is 4. The van der Waals surface area contributed by atoms with Crippen LogP contribution in [-0.4, -0.2) is 22.0 Å². The fraction of sp³-hybridized carbons (Fsp3) is 0.133. The van der Waals surface area contributed by atoms with Crippen molar-refractivity contribution in [3.8, 4) is 0 Å². The predicted octanol–water partition coefficient (Wildman–Crippen LogP) is 3.55. The average Bonchev–Trinajstić information content (AvgIpc) is 2.50. The summed E-state index contributed by atoms with van der Waals surface area (Å²) in [6.07, 6.45) is 1.48. The minimum Gasteiger partial charge on any atom is -0.384 e. The molecule has 5 nitrogen and oxygen atoms in total. The summed E-state index contributed by atoms with van der Waals surface area (Å²) in [6, 6.07) is 9.18. The molecule has 0 atom stereocenters. The van der Waals surface area contributed by atoms with Crippen LogP contribution in [0.15, 0.2) is 36.7 Å². The van der Waals surface area contributed by atoms with E-state index in [1.807, 2.05) is 30.1 Å². The lowest BCUT2D eigenvalue weighted by molar-refractivity contribution is 0.899. The van der Waals surface area contributed by atoms with Gasteiger partial charge in [0.25, 0.3) is 0 Å². The molecule has 3 rings (SSSR count). The van der Waals surface area contributed by atoms with E-state index >= 15 is 0 Å². The fourth-order valence-electron chi connectivity index (χ4n) is 2.23. The number of nitrogens with two attached hydrogens (primary N) is 1. The second kappa shape index (κ2) is 5.94. The highest BCUT2D eigenvalue weighted by atomic mass is 35.5. The Hall–Kier alpha value is -2.11. The summed E-state index contributed by atoms with van der Waals surface area (Å²) < 4.78 is 0. The van der Waals surface area contributed by atoms with Crippen molar-refractivity contribution in [3.05, 3.63) is 52.3 Å². The third kappa shape index (κ3) is 2.91. The lowest BCUT2D eigenvalue weighted by Gasteiger charge is -2.19. The predicted molar refractivity (Wildman–Crippen MR) is 90.3 cm³/mol. The van der Waals surface area contributed by atoms with Crippen LogP contribution in [0.25, 0.3) is 11.0 Å². The molecular formula is C15H13Cl2N5. The van der Waals surface area contributed by atoms with Crippen LogP contribution in [0.4, 0.5) is 11.6 Å². The van der Waals surface area contributed by atoms with E-state index in [-0.39, 0.29) is 0 Å². The number of hydrogen-bond donors (Lipinski definition) is 1. The van der Waals surface area contributed by atoms with Gasteiger partial charge in [-0.25, -0.2) is 15.0 Å². The van der Waals surface area contributed by atoms with E-state index in [0.717, 1.165) is 16.8 Å². The summed E-state index contributed by atoms with van der Waals surface area (Å²) >= 11 is 12.0. The van der Waals surface area contributed by atoms with Crippen molar-refractivity contribution in [2.45, 2.75) is 6.54 Å². The third-order valence-electron chi connectivity index (χ3n) is 3.26. The maximum Gasteiger partial charge on any atom is 0.166 e. The monoisotopic (exact) mass is 333 g/mol. The molecular weight excluding hydrogens is 321 g/mol. The number of hydrogen-bond acceptors (Lipinski definition) is 5. The first-order chi connectivity index (χ1) is 10.5. The van der Waals surface area contributed by atoms with Crippen LogP contribution in [-0.2, 0) is 6.54 Å². The Kier molecular flexibility index (Phi) is 4.00. The number of rotatable bonds is 3. The van der Waals surface area contributed by atoms with Gasteiger partial charge in [-0.3, -0.25) is 0 Å². The van der Waals surface area contributed by atoms with Crippen LogP contribution >= 0.6 is 23.2 Å². The minimum absolute atomic E-state index is 0.435. The highest BCUT2D eigenvalue weighted by Gasteiger charge is 2.11. The first-order valence-electron chi connectivity index (χ1n) is 6.57. The zero-order valence-corrected chi connectivity index (χ0v) is 13.3. The number of anilines is 2. The van der Waals surface area contributed by atoms with Gasteiger partial charge in [0.15, 0.2) is 5.65 Å². The number of aromatic nitrogens is 3. The van der Waals surface area contributed by atoms with Gasteiger partial charge in [-0.2, -0.15) is 0 Å². The molecule has 3 aromatic rings. The Morgan fingerprint density at radius 2 is 1.91 bits per heavy atom. The molecule has 0 aliphatic rings. The summed E-state index contributed by atoms with van der Waals surface area (Å²) in [6.45, 7) is 0.632. The van der Waals surface area contributed by atoms with E-state index < -0.39 is 0 Å². The molecule has 0 saturated carbocycles. The van der Waals surface area contributed by atoms with Crippen molar-refractivity contribution in [2.24, 2.45) is 0 Å². The Morgan fingerprint density at radius 3 is 2.68 bits per heavy atom. The topological polar surface area (TPSA) is 67.9 Å². The van der Waals surface area contributed by atoms with Gasteiger partial charge in [0.1, 0.15) is 18.0 Å². The van der Waals surface area contributed by atoms with Crippen LogP contribution in [0.3, 0.4) is 0 Å². The lowest BCUT2D eigenvalue weighted by atomic mass is 10.2. The molecule has 0 spiro atoms. The summed E-state index contributed by atoms with van der Waals surface area (Å²) in [7, 11) is 1.95. The highest BCUT2D eigenvalue weighted by molar-refractivity contribution is 6.42. The normalized spacial score (nSPS) is 10.9. The number of halogens is 2. The average molecular weight is 334 g/mol. The first kappa shape index (κ1) is 14.8. The van der Waals surface area contributed by atoms with Gasteiger partial charge in [-0.15, -0.1) is 0 Å². The summed E-state index contributed by atoms with van der Waals surface area (Å²) in [5.74, 6) is 1.22. The Balaban J connectivity index is 1.94. The van der Waals surface area contributed by atoms with Gasteiger partial charge in [-0.05, 0) is 29.8 Å². The van der Waals surface area contributed by atoms with Gasteiger partial charge >= 0.3 is 0 Å². The van der Waals surface area contributed by atoms with Gasteiger partial charge in [-0.1, -0.05) is 29.3 Å². The lowest BCUT2D eigenvalue weighted by Crippen LogP contribution is -2.18. The molecule has 0 radical (unpaired) electrons. The summed E-state index contributed by atoms with van der Waals surface area (Å²) in [5.41, 5.74) is 7.30. The van der Waals surface area contributed by atoms with Gasteiger partial charge in [0.05, 0.1) is 15.4 Å². The van der Waals surface area contributed by atoms with Crippen molar-refractivity contribution in [1.29, 1.82) is 0 Å². The molecule has 22 heavy (non-hydrogen) atoms. The molecule has 2 aromatic heterocycles. The third-order valence-corrected chi connectivity index (χ3v) is 4.00. The minimum atomic E-state index is 0.435. The molecule has 0 amide bonds. The second-order valence-electron chi connectivity index (χ2n) is 4.91. The van der Waals surface area contributed by atoms with E-state index in [2.05, 4.69) is 15.0 Å². The molecule has 0 aliphatic heterocycles. The van der Waals surface area contributed by atoms with Crippen LogP contribution in [0, 0.1) is 0 Å². The van der Waals surface area contributed by atoms with Gasteiger partial charge < -0.3 is 10.6 Å². The number of benzene rings is 1. The second-order valence-corrected chi connectivity index (χ2v) is 5.72. The van der Waals surface area contributed by atoms with E-state index in [9.17, 15) is 0 Å². The molecule has 0 aliphatic carbocycles. The molecule has 0 saturated heterocycles. The Labute approximate surface area is 137 Å². The van der Waals surface area contributed by atoms with Crippen LogP contribution in [0.5, 0.6) is 0 Å². The Bertz CT molecular complexity index is 837. The molecule has 2 N–H and O–H groups in total. The van der Waals surface area contributed by atoms with E-state index in [1.54, 1.807) is 12.1 Å². The van der Waals surface area contributed by atoms with Crippen molar-refractivity contribution in [1.82, 2.24) is 15.0 Å². The van der Waals surface area contributed by atoms with Gasteiger partial charge in [0.2, 0.25) is 0 Å². The highest BCUT2D eigenvalue weighted by Crippen LogP contribution is 2.26. The van der Waals surface area contributed by atoms with Crippen molar-refractivity contribution < 1.29 is 0 Å². The zero-order chi connectivity index (χ0) is 15.7. The smallest absolute Gasteiger partial charge is 0.166 e. The number of pyridine rings is 1. The number of nitrogen functional groups attached to an aromatic ring is 1. The molecule has 0 unspecified atom stereocenters. The van der Waals surface area contributed by atoms with Crippen LogP contribution in [0.2, 0.25) is 10.0 Å².